The Kier molecular flexibility index (Phi) is 8.39. The first kappa shape index (κ1) is 21.0. The number of nitrogens with one attached hydrogen (secondary N) is 1. The molecule has 0 unspecified atom stereocenters. The minimum atomic E-state index is -0.110. The molecule has 2 rings (SSSR count). The summed E-state index contributed by atoms with van der Waals surface area (Å²) in [6.45, 7) is 3.75. The van der Waals surface area contributed by atoms with Gasteiger partial charge in [-0.3, -0.25) is 9.79 Å². The van der Waals surface area contributed by atoms with Crippen molar-refractivity contribution in [1.82, 2.24) is 15.1 Å². The molecule has 0 aliphatic carbocycles. The summed E-state index contributed by atoms with van der Waals surface area (Å²) in [6.07, 6.45) is 1.58. The number of hydrogen-bond donors (Lipinski definition) is 1. The predicted molar refractivity (Wildman–Crippen MR) is 107 cm³/mol. The van der Waals surface area contributed by atoms with Crippen LogP contribution >= 0.6 is 0 Å². The van der Waals surface area contributed by atoms with Crippen molar-refractivity contribution in [3.63, 3.8) is 0 Å². The number of likely N-dealkylation sites (N-methyl/N-ethyl adjacent to an activating group) is 1. The van der Waals surface area contributed by atoms with Crippen molar-refractivity contribution in [3.8, 4) is 5.75 Å². The second-order valence-electron chi connectivity index (χ2n) is 6.94. The van der Waals surface area contributed by atoms with Gasteiger partial charge in [-0.15, -0.1) is 0 Å². The Morgan fingerprint density at radius 1 is 1.30 bits per heavy atom. The number of rotatable bonds is 7. The quantitative estimate of drug-likeness (QED) is 0.443. The molecule has 0 bridgehead atoms. The van der Waals surface area contributed by atoms with E-state index in [9.17, 15) is 4.79 Å². The second kappa shape index (κ2) is 10.8. The average Bonchev–Trinajstić information content (AvgIpc) is 2.69. The van der Waals surface area contributed by atoms with Gasteiger partial charge in [0.2, 0.25) is 0 Å². The van der Waals surface area contributed by atoms with Crippen molar-refractivity contribution < 1.29 is 14.3 Å². The third kappa shape index (κ3) is 6.43. The summed E-state index contributed by atoms with van der Waals surface area (Å²) >= 11 is 0. The molecule has 1 N–H and O–H groups in total. The molecule has 7 heteroatoms. The van der Waals surface area contributed by atoms with Gasteiger partial charge in [-0.2, -0.15) is 0 Å². The van der Waals surface area contributed by atoms with E-state index in [0.717, 1.165) is 49.7 Å². The van der Waals surface area contributed by atoms with E-state index in [4.69, 9.17) is 9.47 Å². The highest BCUT2D eigenvalue weighted by atomic mass is 16.5. The third-order valence-corrected chi connectivity index (χ3v) is 4.75. The second-order valence-corrected chi connectivity index (χ2v) is 6.94. The molecule has 0 atom stereocenters. The van der Waals surface area contributed by atoms with Crippen LogP contribution in [0.4, 0.5) is 0 Å². The number of hydrogen-bond acceptors (Lipinski definition) is 5. The zero-order chi connectivity index (χ0) is 19.6. The fraction of sp³-hybridized carbons (Fsp3) is 0.600. The average molecular weight is 377 g/mol. The molecule has 1 heterocycles. The number of benzene rings is 1. The Balaban J connectivity index is 1.89. The summed E-state index contributed by atoms with van der Waals surface area (Å²) in [6, 6.07) is 8.06. The van der Waals surface area contributed by atoms with Gasteiger partial charge in [-0.1, -0.05) is 18.2 Å². The molecule has 27 heavy (non-hydrogen) atoms. The van der Waals surface area contributed by atoms with E-state index in [1.807, 2.05) is 32.3 Å². The summed E-state index contributed by atoms with van der Waals surface area (Å²) in [5.74, 6) is 1.63. The van der Waals surface area contributed by atoms with Gasteiger partial charge in [-0.05, 0) is 33.0 Å². The fourth-order valence-corrected chi connectivity index (χ4v) is 3.13. The van der Waals surface area contributed by atoms with Gasteiger partial charge in [0.05, 0.1) is 13.0 Å². The maximum Gasteiger partial charge on any atom is 0.308 e. The highest BCUT2D eigenvalue weighted by Gasteiger charge is 2.26. The molecule has 0 amide bonds. The number of nitrogens with zero attached hydrogens (tertiary/aromatic N) is 3. The number of para-hydroxylation sites is 1. The lowest BCUT2D eigenvalue weighted by molar-refractivity contribution is -0.146. The number of piperidine rings is 1. The first-order chi connectivity index (χ1) is 13.0. The van der Waals surface area contributed by atoms with E-state index in [-0.39, 0.29) is 11.9 Å². The standard InChI is InChI=1S/C20H32N4O3/c1-21-20(24-11-9-16(10-12-24)19(25)26-4)22-15-17-7-5-6-8-18(17)27-14-13-23(2)3/h5-8,16H,9-15H2,1-4H3,(H,21,22). The first-order valence-electron chi connectivity index (χ1n) is 9.44. The summed E-state index contributed by atoms with van der Waals surface area (Å²) < 4.78 is 10.8. The van der Waals surface area contributed by atoms with Crippen molar-refractivity contribution in [2.75, 3.05) is 54.5 Å². The van der Waals surface area contributed by atoms with Crippen molar-refractivity contribution in [2.24, 2.45) is 10.9 Å². The molecule has 1 fully saturated rings. The van der Waals surface area contributed by atoms with Crippen LogP contribution in [0.5, 0.6) is 5.75 Å². The fourth-order valence-electron chi connectivity index (χ4n) is 3.13. The lowest BCUT2D eigenvalue weighted by Gasteiger charge is -2.33. The summed E-state index contributed by atoms with van der Waals surface area (Å²) in [4.78, 5) is 20.4. The van der Waals surface area contributed by atoms with Gasteiger partial charge in [0, 0.05) is 38.8 Å². The minimum Gasteiger partial charge on any atom is -0.492 e. The van der Waals surface area contributed by atoms with Gasteiger partial charge >= 0.3 is 5.97 Å². The number of ether oxygens (including phenoxy) is 2. The van der Waals surface area contributed by atoms with Crippen molar-refractivity contribution in [2.45, 2.75) is 19.4 Å². The monoisotopic (exact) mass is 376 g/mol. The molecule has 1 saturated heterocycles. The normalized spacial score (nSPS) is 15.7. The van der Waals surface area contributed by atoms with E-state index in [1.54, 1.807) is 7.05 Å². The van der Waals surface area contributed by atoms with Gasteiger partial charge in [0.25, 0.3) is 0 Å². The van der Waals surface area contributed by atoms with E-state index in [0.29, 0.717) is 13.2 Å². The summed E-state index contributed by atoms with van der Waals surface area (Å²) in [7, 11) is 7.30. The maximum atomic E-state index is 11.7. The van der Waals surface area contributed by atoms with Crippen molar-refractivity contribution in [1.29, 1.82) is 0 Å². The zero-order valence-corrected chi connectivity index (χ0v) is 16.9. The van der Waals surface area contributed by atoms with Crippen LogP contribution in [0.25, 0.3) is 0 Å². The van der Waals surface area contributed by atoms with E-state index in [1.165, 1.54) is 7.11 Å². The SMILES string of the molecule is CN=C(NCc1ccccc1OCCN(C)C)N1CCC(C(=O)OC)CC1. The Bertz CT molecular complexity index is 625. The molecular formula is C20H32N4O3. The maximum absolute atomic E-state index is 11.7. The number of methoxy groups -OCH3 is 1. The molecule has 0 saturated carbocycles. The lowest BCUT2D eigenvalue weighted by atomic mass is 9.97. The number of carbonyl (C=O) groups is 1. The zero-order valence-electron chi connectivity index (χ0n) is 16.9. The molecule has 1 aromatic rings. The van der Waals surface area contributed by atoms with Crippen LogP contribution in [0.3, 0.4) is 0 Å². The first-order valence-corrected chi connectivity index (χ1v) is 9.44. The van der Waals surface area contributed by atoms with E-state index < -0.39 is 0 Å². The van der Waals surface area contributed by atoms with E-state index >= 15 is 0 Å². The molecular weight excluding hydrogens is 344 g/mol. The van der Waals surface area contributed by atoms with Crippen LogP contribution in [-0.2, 0) is 16.1 Å². The topological polar surface area (TPSA) is 66.4 Å². The van der Waals surface area contributed by atoms with Crippen LogP contribution in [-0.4, -0.2) is 76.2 Å². The third-order valence-electron chi connectivity index (χ3n) is 4.75. The Morgan fingerprint density at radius 3 is 2.63 bits per heavy atom. The van der Waals surface area contributed by atoms with Gasteiger partial charge < -0.3 is 24.6 Å². The molecule has 0 radical (unpaired) electrons. The smallest absolute Gasteiger partial charge is 0.308 e. The van der Waals surface area contributed by atoms with Gasteiger partial charge in [-0.25, -0.2) is 0 Å². The van der Waals surface area contributed by atoms with Crippen molar-refractivity contribution in [3.05, 3.63) is 29.8 Å². The van der Waals surface area contributed by atoms with Crippen molar-refractivity contribution >= 4 is 11.9 Å². The van der Waals surface area contributed by atoms with Crippen LogP contribution in [0, 0.1) is 5.92 Å². The Labute approximate surface area is 162 Å². The molecule has 7 nitrogen and oxygen atoms in total. The molecule has 1 aliphatic rings. The Morgan fingerprint density at radius 2 is 2.00 bits per heavy atom. The number of carbonyl (C=O) groups excluding carboxylic acids is 1. The van der Waals surface area contributed by atoms with Gasteiger partial charge in [0.15, 0.2) is 5.96 Å². The lowest BCUT2D eigenvalue weighted by Crippen LogP contribution is -2.46. The minimum absolute atomic E-state index is 0.00446. The molecule has 0 spiro atoms. The van der Waals surface area contributed by atoms with E-state index in [2.05, 4.69) is 26.2 Å². The van der Waals surface area contributed by atoms with Crippen LogP contribution in [0.1, 0.15) is 18.4 Å². The number of likely N-dealkylation sites (tertiary alicyclic amines) is 1. The highest BCUT2D eigenvalue weighted by molar-refractivity contribution is 5.80. The number of guanidine groups is 1. The van der Waals surface area contributed by atoms with Crippen LogP contribution in [0.15, 0.2) is 29.3 Å². The largest absolute Gasteiger partial charge is 0.492 e. The van der Waals surface area contributed by atoms with Crippen LogP contribution in [0.2, 0.25) is 0 Å². The molecule has 0 aromatic heterocycles. The molecule has 1 aromatic carbocycles. The number of esters is 1. The molecule has 150 valence electrons. The predicted octanol–water partition coefficient (Wildman–Crippen LogP) is 1.59. The molecule has 1 aliphatic heterocycles. The highest BCUT2D eigenvalue weighted by Crippen LogP contribution is 2.20. The summed E-state index contributed by atoms with van der Waals surface area (Å²) in [5.41, 5.74) is 1.10. The van der Waals surface area contributed by atoms with Crippen LogP contribution < -0.4 is 10.1 Å². The number of aliphatic imine (C=N–C) groups is 1. The Hall–Kier alpha value is -2.28. The summed E-state index contributed by atoms with van der Waals surface area (Å²) in [5, 5.41) is 3.42. The van der Waals surface area contributed by atoms with Gasteiger partial charge in [0.1, 0.15) is 12.4 Å².